The zero-order valence-electron chi connectivity index (χ0n) is 25.4. The molecule has 0 aliphatic heterocycles. The molecule has 2 rings (SSSR count). The van der Waals surface area contributed by atoms with Gasteiger partial charge in [-0.3, -0.25) is 4.79 Å². The summed E-state index contributed by atoms with van der Waals surface area (Å²) in [6.45, 7) is 11.2. The van der Waals surface area contributed by atoms with E-state index in [-0.39, 0.29) is 13.3 Å². The summed E-state index contributed by atoms with van der Waals surface area (Å²) in [4.78, 5) is 12.8. The number of carbonyl (C=O) groups is 1. The molecule has 0 saturated heterocycles. The van der Waals surface area contributed by atoms with Crippen molar-refractivity contribution in [3.63, 3.8) is 0 Å². The molecule has 0 bridgehead atoms. The summed E-state index contributed by atoms with van der Waals surface area (Å²) in [6.07, 6.45) is 7.80. The van der Waals surface area contributed by atoms with Crippen molar-refractivity contribution in [3.05, 3.63) is 59.9 Å². The number of aliphatic hydroxyl groups is 1. The minimum Gasteiger partial charge on any atom is -0.400 e. The lowest BCUT2D eigenvalue weighted by Crippen LogP contribution is -2.36. The molecule has 2 heterocycles. The Balaban J connectivity index is 0. The summed E-state index contributed by atoms with van der Waals surface area (Å²) < 4.78 is 38.9. The number of amides is 1. The van der Waals surface area contributed by atoms with E-state index in [1.165, 1.54) is 13.1 Å². The lowest BCUT2D eigenvalue weighted by molar-refractivity contribution is -0.838. The highest BCUT2D eigenvalue weighted by Gasteiger charge is 2.23. The van der Waals surface area contributed by atoms with Crippen LogP contribution in [0.3, 0.4) is 0 Å². The van der Waals surface area contributed by atoms with Gasteiger partial charge in [0.25, 0.3) is 5.69 Å². The molecule has 0 radical (unpaired) electrons. The van der Waals surface area contributed by atoms with E-state index in [1.807, 2.05) is 36.9 Å². The van der Waals surface area contributed by atoms with Gasteiger partial charge in [-0.1, -0.05) is 26.8 Å². The normalized spacial score (nSPS) is 10.8. The largest absolute Gasteiger partial charge is 0.400 e. The van der Waals surface area contributed by atoms with Gasteiger partial charge in [0.15, 0.2) is 6.20 Å². The van der Waals surface area contributed by atoms with Crippen molar-refractivity contribution in [1.82, 2.24) is 5.32 Å². The van der Waals surface area contributed by atoms with Crippen molar-refractivity contribution in [2.45, 2.75) is 72.9 Å². The van der Waals surface area contributed by atoms with Gasteiger partial charge in [0.1, 0.15) is 13.2 Å². The number of aliphatic hydroxyl groups excluding tert-OH is 1. The molecule has 1 amide bonds. The molecular weight excluding hydrogens is 564 g/mol. The van der Waals surface area contributed by atoms with Crippen LogP contribution in [0, 0.1) is 6.92 Å². The van der Waals surface area contributed by atoms with Crippen LogP contribution in [0.25, 0.3) is 11.4 Å². The predicted octanol–water partition coefficient (Wildman–Crippen LogP) is 5.55. The molecule has 0 spiro atoms. The Kier molecular flexibility index (Phi) is 26.0. The van der Waals surface area contributed by atoms with E-state index in [9.17, 15) is 13.7 Å². The third-order valence-corrected chi connectivity index (χ3v) is 6.24. The van der Waals surface area contributed by atoms with E-state index in [2.05, 4.69) is 11.9 Å². The molecular formula is C32H54ClF2N3O4+2. The summed E-state index contributed by atoms with van der Waals surface area (Å²) in [5.41, 5.74) is 3.79. The van der Waals surface area contributed by atoms with Gasteiger partial charge in [-0.05, 0) is 56.7 Å². The topological polar surface area (TPSA) is 75.5 Å². The Hall–Kier alpha value is -2.46. The molecule has 1 unspecified atom stereocenters. The molecule has 0 aliphatic rings. The standard InChI is InChI=1S/C25H36ClFN3O3.C5H9F.CH4O.CH4/c1-21-9-14-30(27)24(19-21)23-20-22(10-13-29(23)2)7-8-25(31)28-12-16-33-18-17-32-15-6-4-3-5-11-26;1-4(2)5(3)6;1-2;/h9-10,13-14,19-20H,3-8,11-12,15-18H2,1-2H3;5H,1H2,2-3H3;2H,1H3;1H4/q+1;;;/p+1. The van der Waals surface area contributed by atoms with E-state index in [0.29, 0.717) is 55.3 Å². The smallest absolute Gasteiger partial charge is 0.324 e. The van der Waals surface area contributed by atoms with Gasteiger partial charge in [-0.2, -0.15) is 4.57 Å². The van der Waals surface area contributed by atoms with Crippen molar-refractivity contribution in [2.75, 3.05) is 46.0 Å². The fraction of sp³-hybridized carbons (Fsp3) is 0.594. The number of carbonyl (C=O) groups excluding carboxylic acids is 1. The van der Waals surface area contributed by atoms with Crippen LogP contribution in [0.1, 0.15) is 64.5 Å². The van der Waals surface area contributed by atoms with Crippen molar-refractivity contribution in [2.24, 2.45) is 7.05 Å². The number of pyridine rings is 2. The number of nitrogens with one attached hydrogen (secondary N) is 1. The summed E-state index contributed by atoms with van der Waals surface area (Å²) >= 11 is 5.64. The third kappa shape index (κ3) is 19.6. The lowest BCUT2D eigenvalue weighted by atomic mass is 10.1. The van der Waals surface area contributed by atoms with Gasteiger partial charge in [0, 0.05) is 61.6 Å². The number of nitrogens with zero attached hydrogens (tertiary/aromatic N) is 2. The molecule has 7 nitrogen and oxygen atoms in total. The van der Waals surface area contributed by atoms with Crippen LogP contribution in [-0.4, -0.2) is 63.1 Å². The van der Waals surface area contributed by atoms with Crippen molar-refractivity contribution in [3.8, 4) is 11.4 Å². The van der Waals surface area contributed by atoms with Crippen LogP contribution in [0.15, 0.2) is 48.8 Å². The SMILES string of the molecule is C.C=C(C)C(C)F.CO.Cc1cc[n+](F)c(-c2cc(CCC(=O)NCCOCCOCCCCCCCl)cc[n+]2C)c1. The van der Waals surface area contributed by atoms with Gasteiger partial charge in [-0.25, -0.2) is 4.39 Å². The molecule has 10 heteroatoms. The number of hydrogen-bond acceptors (Lipinski definition) is 4. The molecule has 0 aromatic carbocycles. The quantitative estimate of drug-likeness (QED) is 0.106. The minimum atomic E-state index is -0.843. The highest BCUT2D eigenvalue weighted by atomic mass is 35.5. The average Bonchev–Trinajstić information content (AvgIpc) is 2.96. The second kappa shape index (κ2) is 26.2. The maximum atomic E-state index is 14.2. The molecule has 42 heavy (non-hydrogen) atoms. The Bertz CT molecular complexity index is 1010. The third-order valence-electron chi connectivity index (χ3n) is 5.97. The van der Waals surface area contributed by atoms with E-state index < -0.39 is 6.17 Å². The van der Waals surface area contributed by atoms with Crippen LogP contribution in [0.5, 0.6) is 0 Å². The molecule has 2 aromatic heterocycles. The summed E-state index contributed by atoms with van der Waals surface area (Å²) in [7, 11) is 2.88. The van der Waals surface area contributed by atoms with Gasteiger partial charge >= 0.3 is 5.69 Å². The number of alkyl halides is 2. The van der Waals surface area contributed by atoms with Gasteiger partial charge in [0.05, 0.1) is 24.3 Å². The highest BCUT2D eigenvalue weighted by Crippen LogP contribution is 2.15. The number of aromatic nitrogens is 2. The van der Waals surface area contributed by atoms with Crippen LogP contribution >= 0.6 is 11.6 Å². The molecule has 240 valence electrons. The van der Waals surface area contributed by atoms with E-state index in [1.54, 1.807) is 19.1 Å². The number of halogens is 3. The first-order valence-corrected chi connectivity index (χ1v) is 14.6. The number of aryl methyl sites for hydroxylation is 3. The molecule has 0 fully saturated rings. The fourth-order valence-corrected chi connectivity index (χ4v) is 3.57. The van der Waals surface area contributed by atoms with Crippen molar-refractivity contribution in [1.29, 1.82) is 0 Å². The molecule has 2 N–H and O–H groups in total. The van der Waals surface area contributed by atoms with Gasteiger partial charge in [0.2, 0.25) is 12.1 Å². The first-order chi connectivity index (χ1) is 19.6. The van der Waals surface area contributed by atoms with E-state index in [4.69, 9.17) is 26.2 Å². The first kappa shape index (κ1) is 41.7. The Morgan fingerprint density at radius 2 is 1.67 bits per heavy atom. The second-order valence-electron chi connectivity index (χ2n) is 9.57. The number of allylic oxidation sites excluding steroid dienone is 1. The van der Waals surface area contributed by atoms with Crippen molar-refractivity contribution >= 4 is 17.5 Å². The lowest BCUT2D eigenvalue weighted by Gasteiger charge is -2.08. The van der Waals surface area contributed by atoms with E-state index >= 15 is 0 Å². The molecule has 0 aliphatic carbocycles. The van der Waals surface area contributed by atoms with Crippen LogP contribution in [0.2, 0.25) is 0 Å². The average molecular weight is 618 g/mol. The minimum absolute atomic E-state index is 0. The van der Waals surface area contributed by atoms with Crippen LogP contribution in [0.4, 0.5) is 8.87 Å². The molecule has 0 saturated carbocycles. The first-order valence-electron chi connectivity index (χ1n) is 14.1. The number of ether oxygens (including phenoxy) is 2. The Labute approximate surface area is 257 Å². The van der Waals surface area contributed by atoms with Crippen molar-refractivity contribution < 1.29 is 37.6 Å². The second-order valence-corrected chi connectivity index (χ2v) is 9.95. The molecule has 2 aromatic rings. The zero-order valence-corrected chi connectivity index (χ0v) is 26.2. The number of hydrogen-bond donors (Lipinski definition) is 2. The van der Waals surface area contributed by atoms with Gasteiger partial charge in [-0.15, -0.1) is 11.6 Å². The molecule has 1 atom stereocenters. The summed E-state index contributed by atoms with van der Waals surface area (Å²) in [5, 5.41) is 9.87. The number of unbranched alkanes of at least 4 members (excludes halogenated alkanes) is 3. The highest BCUT2D eigenvalue weighted by molar-refractivity contribution is 6.17. The van der Waals surface area contributed by atoms with Crippen LogP contribution < -0.4 is 14.7 Å². The summed E-state index contributed by atoms with van der Waals surface area (Å²) in [6, 6.07) is 7.41. The fourth-order valence-electron chi connectivity index (χ4n) is 3.38. The van der Waals surface area contributed by atoms with E-state index in [0.717, 1.165) is 62.1 Å². The van der Waals surface area contributed by atoms with Crippen LogP contribution in [-0.2, 0) is 27.7 Å². The summed E-state index contributed by atoms with van der Waals surface area (Å²) in [5.74, 6) is 0.698. The zero-order chi connectivity index (χ0) is 31.0. The Morgan fingerprint density at radius 1 is 1.05 bits per heavy atom. The Morgan fingerprint density at radius 3 is 2.29 bits per heavy atom. The number of rotatable bonds is 17. The van der Waals surface area contributed by atoms with Gasteiger partial charge < -0.3 is 19.9 Å². The maximum Gasteiger partial charge on any atom is 0.324 e. The monoisotopic (exact) mass is 617 g/mol. The maximum absolute atomic E-state index is 14.2. The predicted molar refractivity (Wildman–Crippen MR) is 167 cm³/mol.